The second-order valence-electron chi connectivity index (χ2n) is 6.02. The highest BCUT2D eigenvalue weighted by atomic mass is 32.1. The maximum atomic E-state index is 12.7. The first-order chi connectivity index (χ1) is 12.2. The molecule has 128 valence electrons. The van der Waals surface area contributed by atoms with Crippen LogP contribution in [0, 0.1) is 6.92 Å². The van der Waals surface area contributed by atoms with Crippen LogP contribution in [0.15, 0.2) is 30.5 Å². The van der Waals surface area contributed by atoms with E-state index in [9.17, 15) is 4.79 Å². The van der Waals surface area contributed by atoms with Crippen molar-refractivity contribution in [1.29, 1.82) is 0 Å². The second-order valence-corrected chi connectivity index (χ2v) is 6.55. The average Bonchev–Trinajstić information content (AvgIpc) is 3.09. The Morgan fingerprint density at radius 2 is 2.00 bits per heavy atom. The zero-order valence-electron chi connectivity index (χ0n) is 13.8. The van der Waals surface area contributed by atoms with Crippen molar-refractivity contribution >= 4 is 28.7 Å². The Labute approximate surface area is 149 Å². The minimum Gasteiger partial charge on any atom is -0.474 e. The number of nitrogens with zero attached hydrogens (tertiary/aromatic N) is 5. The van der Waals surface area contributed by atoms with Gasteiger partial charge in [-0.15, -0.1) is 0 Å². The second kappa shape index (κ2) is 6.72. The SMILES string of the molecule is Cc1nccc(OC2CCN(C(=O)c3ccc4nsnc4c3)CC2)n1. The summed E-state index contributed by atoms with van der Waals surface area (Å²) < 4.78 is 14.3. The lowest BCUT2D eigenvalue weighted by Gasteiger charge is -2.32. The highest BCUT2D eigenvalue weighted by Gasteiger charge is 2.25. The number of likely N-dealkylation sites (tertiary alicyclic amines) is 1. The van der Waals surface area contributed by atoms with E-state index in [1.807, 2.05) is 30.0 Å². The quantitative estimate of drug-likeness (QED) is 0.718. The fourth-order valence-corrected chi connectivity index (χ4v) is 3.46. The van der Waals surface area contributed by atoms with Crippen LogP contribution >= 0.6 is 11.7 Å². The van der Waals surface area contributed by atoms with Gasteiger partial charge in [-0.3, -0.25) is 4.79 Å². The van der Waals surface area contributed by atoms with E-state index in [0.29, 0.717) is 30.4 Å². The highest BCUT2D eigenvalue weighted by molar-refractivity contribution is 7.00. The predicted octanol–water partition coefficient (Wildman–Crippen LogP) is 2.47. The van der Waals surface area contributed by atoms with Crippen molar-refractivity contribution in [3.05, 3.63) is 41.9 Å². The van der Waals surface area contributed by atoms with Crippen LogP contribution in [0.3, 0.4) is 0 Å². The Morgan fingerprint density at radius 3 is 2.80 bits per heavy atom. The molecule has 0 atom stereocenters. The molecule has 3 aromatic rings. The Kier molecular flexibility index (Phi) is 4.27. The van der Waals surface area contributed by atoms with Crippen LogP contribution < -0.4 is 4.74 Å². The normalized spacial score (nSPS) is 15.5. The summed E-state index contributed by atoms with van der Waals surface area (Å²) in [6.07, 6.45) is 3.34. The van der Waals surface area contributed by atoms with Crippen LogP contribution in [0.2, 0.25) is 0 Å². The molecule has 1 aliphatic heterocycles. The van der Waals surface area contributed by atoms with Gasteiger partial charge in [0.25, 0.3) is 5.91 Å². The molecule has 4 rings (SSSR count). The van der Waals surface area contributed by atoms with Gasteiger partial charge in [0.1, 0.15) is 23.0 Å². The number of hydrogen-bond donors (Lipinski definition) is 0. The van der Waals surface area contributed by atoms with Gasteiger partial charge in [0.15, 0.2) is 0 Å². The van der Waals surface area contributed by atoms with E-state index in [-0.39, 0.29) is 12.0 Å². The molecule has 1 aromatic carbocycles. The first-order valence-electron chi connectivity index (χ1n) is 8.17. The van der Waals surface area contributed by atoms with Crippen molar-refractivity contribution in [3.63, 3.8) is 0 Å². The van der Waals surface area contributed by atoms with Crippen LogP contribution in [-0.4, -0.2) is 48.7 Å². The third-order valence-corrected chi connectivity index (χ3v) is 4.82. The average molecular weight is 355 g/mol. The molecule has 7 nitrogen and oxygen atoms in total. The number of rotatable bonds is 3. The summed E-state index contributed by atoms with van der Waals surface area (Å²) in [4.78, 5) is 22.9. The molecule has 0 saturated carbocycles. The lowest BCUT2D eigenvalue weighted by Crippen LogP contribution is -2.41. The molecule has 3 heterocycles. The van der Waals surface area contributed by atoms with Gasteiger partial charge in [-0.05, 0) is 25.1 Å². The maximum Gasteiger partial charge on any atom is 0.253 e. The zero-order chi connectivity index (χ0) is 17.2. The summed E-state index contributed by atoms with van der Waals surface area (Å²) in [7, 11) is 0. The third kappa shape index (κ3) is 3.43. The smallest absolute Gasteiger partial charge is 0.253 e. The van der Waals surface area contributed by atoms with E-state index in [4.69, 9.17) is 4.74 Å². The molecule has 25 heavy (non-hydrogen) atoms. The standard InChI is InChI=1S/C17H17N5O2S/c1-11-18-7-4-16(19-11)24-13-5-8-22(9-6-13)17(23)12-2-3-14-15(10-12)21-25-20-14/h2-4,7,10,13H,5-6,8-9H2,1H3. The van der Waals surface area contributed by atoms with Crippen LogP contribution in [0.25, 0.3) is 11.0 Å². The van der Waals surface area contributed by atoms with Crippen molar-refractivity contribution in [3.8, 4) is 5.88 Å². The van der Waals surface area contributed by atoms with Gasteiger partial charge in [0.05, 0.1) is 11.7 Å². The molecule has 0 N–H and O–H groups in total. The van der Waals surface area contributed by atoms with E-state index in [2.05, 4.69) is 18.7 Å². The van der Waals surface area contributed by atoms with Crippen LogP contribution in [0.1, 0.15) is 29.0 Å². The molecule has 0 spiro atoms. The first-order valence-corrected chi connectivity index (χ1v) is 8.90. The lowest BCUT2D eigenvalue weighted by molar-refractivity contribution is 0.0587. The van der Waals surface area contributed by atoms with Gasteiger partial charge in [-0.25, -0.2) is 4.98 Å². The summed E-state index contributed by atoms with van der Waals surface area (Å²) >= 11 is 1.16. The Morgan fingerprint density at radius 1 is 1.20 bits per heavy atom. The van der Waals surface area contributed by atoms with Crippen LogP contribution in [0.5, 0.6) is 5.88 Å². The minimum atomic E-state index is 0.0335. The fraction of sp³-hybridized carbons (Fsp3) is 0.353. The number of piperidine rings is 1. The number of aryl methyl sites for hydroxylation is 1. The molecule has 1 fully saturated rings. The number of aromatic nitrogens is 4. The number of fused-ring (bicyclic) bond motifs is 1. The topological polar surface area (TPSA) is 81.1 Å². The Bertz CT molecular complexity index is 905. The molecular formula is C17H17N5O2S. The lowest BCUT2D eigenvalue weighted by atomic mass is 10.1. The van der Waals surface area contributed by atoms with Crippen molar-refractivity contribution in [1.82, 2.24) is 23.6 Å². The van der Waals surface area contributed by atoms with E-state index < -0.39 is 0 Å². The summed E-state index contributed by atoms with van der Waals surface area (Å²) in [5.74, 6) is 1.32. The van der Waals surface area contributed by atoms with Gasteiger partial charge < -0.3 is 9.64 Å². The van der Waals surface area contributed by atoms with Crippen molar-refractivity contribution < 1.29 is 9.53 Å². The molecule has 0 bridgehead atoms. The van der Waals surface area contributed by atoms with Crippen molar-refractivity contribution in [2.75, 3.05) is 13.1 Å². The fourth-order valence-electron chi connectivity index (χ4n) is 2.95. The van der Waals surface area contributed by atoms with E-state index >= 15 is 0 Å². The third-order valence-electron chi connectivity index (χ3n) is 4.27. The first kappa shape index (κ1) is 15.9. The molecule has 0 unspecified atom stereocenters. The largest absolute Gasteiger partial charge is 0.474 e. The number of carbonyl (C=O) groups excluding carboxylic acids is 1. The minimum absolute atomic E-state index is 0.0335. The molecule has 8 heteroatoms. The van der Waals surface area contributed by atoms with Crippen molar-refractivity contribution in [2.24, 2.45) is 0 Å². The monoisotopic (exact) mass is 355 g/mol. The summed E-state index contributed by atoms with van der Waals surface area (Å²) in [6.45, 7) is 3.17. The Hall–Kier alpha value is -2.61. The molecule has 1 aliphatic rings. The number of amides is 1. The summed E-state index contributed by atoms with van der Waals surface area (Å²) in [5.41, 5.74) is 2.26. The molecule has 0 aliphatic carbocycles. The predicted molar refractivity (Wildman–Crippen MR) is 93.7 cm³/mol. The number of hydrogen-bond acceptors (Lipinski definition) is 7. The van der Waals surface area contributed by atoms with Gasteiger partial charge >= 0.3 is 0 Å². The molecule has 1 amide bonds. The van der Waals surface area contributed by atoms with Crippen LogP contribution in [-0.2, 0) is 0 Å². The van der Waals surface area contributed by atoms with Gasteiger partial charge in [-0.1, -0.05) is 0 Å². The molecule has 0 radical (unpaired) electrons. The van der Waals surface area contributed by atoms with Gasteiger partial charge in [0.2, 0.25) is 5.88 Å². The van der Waals surface area contributed by atoms with E-state index in [1.165, 1.54) is 0 Å². The number of benzene rings is 1. The molecule has 1 saturated heterocycles. The number of carbonyl (C=O) groups is 1. The zero-order valence-corrected chi connectivity index (χ0v) is 14.6. The molecular weight excluding hydrogens is 338 g/mol. The van der Waals surface area contributed by atoms with Gasteiger partial charge in [-0.2, -0.15) is 13.7 Å². The highest BCUT2D eigenvalue weighted by Crippen LogP contribution is 2.20. The molecule has 2 aromatic heterocycles. The van der Waals surface area contributed by atoms with Gasteiger partial charge in [0, 0.05) is 43.8 Å². The maximum absolute atomic E-state index is 12.7. The summed E-state index contributed by atoms with van der Waals surface area (Å²) in [6, 6.07) is 7.24. The number of ether oxygens (including phenoxy) is 1. The van der Waals surface area contributed by atoms with Crippen molar-refractivity contribution in [2.45, 2.75) is 25.9 Å². The van der Waals surface area contributed by atoms with E-state index in [1.54, 1.807) is 12.3 Å². The van der Waals surface area contributed by atoms with Crippen LogP contribution in [0.4, 0.5) is 0 Å². The summed E-state index contributed by atoms with van der Waals surface area (Å²) in [5, 5.41) is 0. The van der Waals surface area contributed by atoms with E-state index in [0.717, 1.165) is 35.6 Å². The Balaban J connectivity index is 1.38.